The Morgan fingerprint density at radius 1 is 1.24 bits per heavy atom. The molecule has 2 unspecified atom stereocenters. The average Bonchev–Trinajstić information content (AvgIpc) is 3.28. The van der Waals surface area contributed by atoms with Crippen molar-refractivity contribution in [2.24, 2.45) is 0 Å². The highest BCUT2D eigenvalue weighted by molar-refractivity contribution is 7.80. The number of nitrogens with one attached hydrogen (secondary N) is 1. The number of hydrogen-bond acceptors (Lipinski definition) is 2. The van der Waals surface area contributed by atoms with Gasteiger partial charge in [0.25, 0.3) is 0 Å². The van der Waals surface area contributed by atoms with E-state index in [1.54, 1.807) is 0 Å². The standard InChI is InChI=1S/C20H26N4S/c1-12(2)23-19(16-11-13(3)24(14(16)4)15-8-9-15)18(22-20(23)25)17-7-5-6-10-21-17/h5-7,10-12,15,18-19H,8-9H2,1-4H3,(H,22,25). The minimum absolute atomic E-state index is 0.0873. The number of aromatic nitrogens is 2. The molecule has 4 nitrogen and oxygen atoms in total. The molecule has 2 aromatic heterocycles. The molecule has 2 aromatic rings. The maximum atomic E-state index is 5.70. The van der Waals surface area contributed by atoms with Crippen LogP contribution in [0.25, 0.3) is 0 Å². The van der Waals surface area contributed by atoms with E-state index < -0.39 is 0 Å². The van der Waals surface area contributed by atoms with Crippen LogP contribution < -0.4 is 5.32 Å². The van der Waals surface area contributed by atoms with Crippen LogP contribution in [0.3, 0.4) is 0 Å². The number of rotatable bonds is 4. The fourth-order valence-electron chi connectivity index (χ4n) is 4.25. The van der Waals surface area contributed by atoms with Gasteiger partial charge in [0.2, 0.25) is 0 Å². The Labute approximate surface area is 155 Å². The molecule has 0 bridgehead atoms. The first-order valence-corrected chi connectivity index (χ1v) is 9.58. The first kappa shape index (κ1) is 16.6. The molecule has 2 fully saturated rings. The molecule has 25 heavy (non-hydrogen) atoms. The van der Waals surface area contributed by atoms with Crippen LogP contribution in [0, 0.1) is 13.8 Å². The van der Waals surface area contributed by atoms with Crippen molar-refractivity contribution in [3.05, 3.63) is 53.1 Å². The van der Waals surface area contributed by atoms with Gasteiger partial charge in [-0.05, 0) is 76.5 Å². The van der Waals surface area contributed by atoms with Crippen molar-refractivity contribution in [3.63, 3.8) is 0 Å². The van der Waals surface area contributed by atoms with Crippen LogP contribution in [0.4, 0.5) is 0 Å². The average molecular weight is 355 g/mol. The van der Waals surface area contributed by atoms with Gasteiger partial charge in [0, 0.05) is 29.7 Å². The first-order valence-electron chi connectivity index (χ1n) is 9.17. The smallest absolute Gasteiger partial charge is 0.170 e. The summed E-state index contributed by atoms with van der Waals surface area (Å²) in [6.07, 6.45) is 4.46. The number of aryl methyl sites for hydroxylation is 1. The van der Waals surface area contributed by atoms with Gasteiger partial charge in [0.15, 0.2) is 5.11 Å². The largest absolute Gasteiger partial charge is 0.352 e. The Morgan fingerprint density at radius 2 is 2.00 bits per heavy atom. The van der Waals surface area contributed by atoms with Gasteiger partial charge in [-0.2, -0.15) is 0 Å². The fourth-order valence-corrected chi connectivity index (χ4v) is 4.70. The topological polar surface area (TPSA) is 33.1 Å². The van der Waals surface area contributed by atoms with E-state index in [1.165, 1.54) is 29.8 Å². The van der Waals surface area contributed by atoms with Crippen LogP contribution in [0.1, 0.15) is 67.5 Å². The summed E-state index contributed by atoms with van der Waals surface area (Å²) in [5.74, 6) is 0. The monoisotopic (exact) mass is 354 g/mol. The zero-order valence-corrected chi connectivity index (χ0v) is 16.2. The fraction of sp³-hybridized carbons (Fsp3) is 0.500. The lowest BCUT2D eigenvalue weighted by atomic mass is 9.96. The number of hydrogen-bond donors (Lipinski definition) is 1. The second-order valence-corrected chi connectivity index (χ2v) is 7.94. The molecule has 2 aliphatic rings. The van der Waals surface area contributed by atoms with E-state index in [2.05, 4.69) is 65.7 Å². The molecule has 2 atom stereocenters. The molecule has 0 spiro atoms. The highest BCUT2D eigenvalue weighted by atomic mass is 32.1. The molecule has 0 aromatic carbocycles. The van der Waals surface area contributed by atoms with E-state index >= 15 is 0 Å². The molecule has 4 rings (SSSR count). The molecule has 1 aliphatic carbocycles. The number of thiocarbonyl (C=S) groups is 1. The van der Waals surface area contributed by atoms with Crippen LogP contribution in [0.2, 0.25) is 0 Å². The molecule has 1 saturated heterocycles. The maximum Gasteiger partial charge on any atom is 0.170 e. The van der Waals surface area contributed by atoms with Crippen molar-refractivity contribution >= 4 is 17.3 Å². The normalized spacial score (nSPS) is 23.4. The molecule has 5 heteroatoms. The maximum absolute atomic E-state index is 5.70. The summed E-state index contributed by atoms with van der Waals surface area (Å²) in [7, 11) is 0. The number of pyridine rings is 1. The van der Waals surface area contributed by atoms with Crippen LogP contribution >= 0.6 is 12.2 Å². The summed E-state index contributed by atoms with van der Waals surface area (Å²) >= 11 is 5.70. The van der Waals surface area contributed by atoms with Gasteiger partial charge in [-0.3, -0.25) is 4.98 Å². The van der Waals surface area contributed by atoms with Gasteiger partial charge >= 0.3 is 0 Å². The van der Waals surface area contributed by atoms with Crippen molar-refractivity contribution in [1.82, 2.24) is 19.8 Å². The summed E-state index contributed by atoms with van der Waals surface area (Å²) in [6.45, 7) is 8.91. The minimum atomic E-state index is 0.0873. The Balaban J connectivity index is 1.82. The van der Waals surface area contributed by atoms with Gasteiger partial charge in [-0.1, -0.05) is 6.07 Å². The third-order valence-corrected chi connectivity index (χ3v) is 5.77. The zero-order chi connectivity index (χ0) is 17.7. The third kappa shape index (κ3) is 2.74. The van der Waals surface area contributed by atoms with E-state index in [1.807, 2.05) is 12.3 Å². The highest BCUT2D eigenvalue weighted by Gasteiger charge is 2.43. The second-order valence-electron chi connectivity index (χ2n) is 7.56. The lowest BCUT2D eigenvalue weighted by Crippen LogP contribution is -2.35. The van der Waals surface area contributed by atoms with E-state index in [0.29, 0.717) is 12.1 Å². The third-order valence-electron chi connectivity index (χ3n) is 5.45. The summed E-state index contributed by atoms with van der Waals surface area (Å²) in [5.41, 5.74) is 5.16. The molecule has 1 saturated carbocycles. The highest BCUT2D eigenvalue weighted by Crippen LogP contribution is 2.45. The van der Waals surface area contributed by atoms with Gasteiger partial charge in [0.1, 0.15) is 0 Å². The van der Waals surface area contributed by atoms with E-state index in [4.69, 9.17) is 12.2 Å². The predicted molar refractivity (Wildman–Crippen MR) is 105 cm³/mol. The quantitative estimate of drug-likeness (QED) is 0.834. The molecular weight excluding hydrogens is 328 g/mol. The Morgan fingerprint density at radius 3 is 2.60 bits per heavy atom. The Hall–Kier alpha value is -1.88. The van der Waals surface area contributed by atoms with Gasteiger partial charge < -0.3 is 14.8 Å². The summed E-state index contributed by atoms with van der Waals surface area (Å²) in [4.78, 5) is 6.96. The van der Waals surface area contributed by atoms with E-state index in [9.17, 15) is 0 Å². The van der Waals surface area contributed by atoms with Crippen molar-refractivity contribution < 1.29 is 0 Å². The van der Waals surface area contributed by atoms with Crippen molar-refractivity contribution in [3.8, 4) is 0 Å². The molecule has 1 N–H and O–H groups in total. The van der Waals surface area contributed by atoms with Crippen LogP contribution in [-0.2, 0) is 0 Å². The first-order chi connectivity index (χ1) is 12.0. The van der Waals surface area contributed by atoms with Crippen LogP contribution in [0.5, 0.6) is 0 Å². The minimum Gasteiger partial charge on any atom is -0.352 e. The van der Waals surface area contributed by atoms with Gasteiger partial charge in [-0.15, -0.1) is 0 Å². The molecule has 1 aliphatic heterocycles. The van der Waals surface area contributed by atoms with Crippen molar-refractivity contribution in [1.29, 1.82) is 0 Å². The molecule has 3 heterocycles. The van der Waals surface area contributed by atoms with E-state index in [-0.39, 0.29) is 12.1 Å². The zero-order valence-electron chi connectivity index (χ0n) is 15.4. The molecule has 0 amide bonds. The molecular formula is C20H26N4S. The summed E-state index contributed by atoms with van der Waals surface area (Å²) in [6, 6.07) is 9.76. The molecule has 0 radical (unpaired) electrons. The van der Waals surface area contributed by atoms with E-state index in [0.717, 1.165) is 10.8 Å². The Kier molecular flexibility index (Phi) is 4.07. The second kappa shape index (κ2) is 6.13. The lowest BCUT2D eigenvalue weighted by molar-refractivity contribution is 0.268. The molecule has 132 valence electrons. The lowest BCUT2D eigenvalue weighted by Gasteiger charge is -2.31. The Bertz CT molecular complexity index is 792. The summed E-state index contributed by atoms with van der Waals surface area (Å²) in [5, 5.41) is 4.36. The van der Waals surface area contributed by atoms with Crippen molar-refractivity contribution in [2.45, 2.75) is 64.7 Å². The number of nitrogens with zero attached hydrogens (tertiary/aromatic N) is 3. The van der Waals surface area contributed by atoms with Crippen molar-refractivity contribution in [2.75, 3.05) is 0 Å². The SMILES string of the molecule is Cc1cc(C2C(c3ccccn3)NC(=S)N2C(C)C)c(C)n1C1CC1. The van der Waals surface area contributed by atoms with Crippen LogP contribution in [-0.4, -0.2) is 25.6 Å². The predicted octanol–water partition coefficient (Wildman–Crippen LogP) is 4.22. The van der Waals surface area contributed by atoms with Gasteiger partial charge in [0.05, 0.1) is 17.8 Å². The van der Waals surface area contributed by atoms with Crippen LogP contribution in [0.15, 0.2) is 30.5 Å². The van der Waals surface area contributed by atoms with Gasteiger partial charge in [-0.25, -0.2) is 0 Å². The summed E-state index contributed by atoms with van der Waals surface area (Å²) < 4.78 is 2.52.